The van der Waals surface area contributed by atoms with Gasteiger partial charge in [0.1, 0.15) is 5.01 Å². The third-order valence-corrected chi connectivity index (χ3v) is 6.50. The van der Waals surface area contributed by atoms with Crippen molar-refractivity contribution in [3.8, 4) is 33.0 Å². The number of rotatable bonds is 3. The number of nitrogens with zero attached hydrogens (tertiary/aromatic N) is 1. The van der Waals surface area contributed by atoms with E-state index in [-0.39, 0.29) is 5.02 Å². The van der Waals surface area contributed by atoms with E-state index in [0.29, 0.717) is 21.2 Å². The Bertz CT molecular complexity index is 1220. The molecule has 8 heteroatoms. The van der Waals surface area contributed by atoms with Gasteiger partial charge < -0.3 is 0 Å². The monoisotopic (exact) mass is 483 g/mol. The molecule has 1 nitrogen and oxygen atoms in total. The fourth-order valence-corrected chi connectivity index (χ4v) is 4.44. The molecule has 0 atom stereocenters. The zero-order chi connectivity index (χ0) is 21.5. The Kier molecular flexibility index (Phi) is 5.82. The van der Waals surface area contributed by atoms with Crippen LogP contribution < -0.4 is 0 Å². The number of aromatic nitrogens is 1. The number of thiazole rings is 1. The van der Waals surface area contributed by atoms with E-state index in [1.54, 1.807) is 30.3 Å². The van der Waals surface area contributed by atoms with Crippen molar-refractivity contribution < 1.29 is 13.2 Å². The van der Waals surface area contributed by atoms with E-state index in [2.05, 4.69) is 4.98 Å². The molecule has 4 rings (SSSR count). The second-order valence-electron chi connectivity index (χ2n) is 6.41. The van der Waals surface area contributed by atoms with E-state index in [9.17, 15) is 13.2 Å². The van der Waals surface area contributed by atoms with Crippen molar-refractivity contribution in [2.75, 3.05) is 0 Å². The minimum absolute atomic E-state index is 0.311. The summed E-state index contributed by atoms with van der Waals surface area (Å²) in [7, 11) is 0. The zero-order valence-electron chi connectivity index (χ0n) is 15.0. The molecule has 0 aliphatic rings. The van der Waals surface area contributed by atoms with Crippen molar-refractivity contribution in [1.82, 2.24) is 4.98 Å². The molecule has 0 saturated heterocycles. The highest BCUT2D eigenvalue weighted by molar-refractivity contribution is 7.13. The lowest BCUT2D eigenvalue weighted by Crippen LogP contribution is -2.06. The summed E-state index contributed by atoms with van der Waals surface area (Å²) in [6.45, 7) is 0. The van der Waals surface area contributed by atoms with Crippen LogP contribution in [0.15, 0.2) is 66.0 Å². The van der Waals surface area contributed by atoms with Gasteiger partial charge in [-0.25, -0.2) is 4.98 Å². The first-order valence-electron chi connectivity index (χ1n) is 8.61. The van der Waals surface area contributed by atoms with Gasteiger partial charge in [-0.15, -0.1) is 11.3 Å². The highest BCUT2D eigenvalue weighted by Gasteiger charge is 2.33. The van der Waals surface area contributed by atoms with Crippen LogP contribution in [0.5, 0.6) is 0 Å². The largest absolute Gasteiger partial charge is 0.417 e. The lowest BCUT2D eigenvalue weighted by Gasteiger charge is -2.12. The summed E-state index contributed by atoms with van der Waals surface area (Å²) in [4.78, 5) is 4.63. The lowest BCUT2D eigenvalue weighted by atomic mass is 10.0. The maximum atomic E-state index is 13.1. The Hall–Kier alpha value is -2.05. The quantitative estimate of drug-likeness (QED) is 0.282. The SMILES string of the molecule is FC(F)(F)c1cccc(-c2ccc(-c3nc(-c4ccc(Cl)c(Cl)c4)cs3)cc2)c1Cl. The number of halogens is 6. The van der Waals surface area contributed by atoms with Crippen molar-refractivity contribution in [2.24, 2.45) is 0 Å². The van der Waals surface area contributed by atoms with Crippen LogP contribution >= 0.6 is 46.1 Å². The smallest absolute Gasteiger partial charge is 0.236 e. The summed E-state index contributed by atoms with van der Waals surface area (Å²) in [5.74, 6) is 0. The van der Waals surface area contributed by atoms with Crippen molar-refractivity contribution >= 4 is 46.1 Å². The van der Waals surface area contributed by atoms with Gasteiger partial charge in [0.15, 0.2) is 0 Å². The highest BCUT2D eigenvalue weighted by Crippen LogP contribution is 2.40. The first-order chi connectivity index (χ1) is 14.2. The molecule has 0 amide bonds. The molecule has 4 aromatic rings. The van der Waals surface area contributed by atoms with Crippen LogP contribution in [0, 0.1) is 0 Å². The van der Waals surface area contributed by atoms with Gasteiger partial charge in [0.05, 0.1) is 26.3 Å². The second kappa shape index (κ2) is 8.23. The minimum atomic E-state index is -4.51. The van der Waals surface area contributed by atoms with E-state index < -0.39 is 11.7 Å². The fraction of sp³-hybridized carbons (Fsp3) is 0.0455. The Morgan fingerprint density at radius 3 is 2.10 bits per heavy atom. The van der Waals surface area contributed by atoms with Crippen LogP contribution in [0.25, 0.3) is 33.0 Å². The predicted molar refractivity (Wildman–Crippen MR) is 118 cm³/mol. The van der Waals surface area contributed by atoms with Crippen LogP contribution in [-0.4, -0.2) is 4.98 Å². The van der Waals surface area contributed by atoms with Crippen molar-refractivity contribution in [1.29, 1.82) is 0 Å². The summed E-state index contributed by atoms with van der Waals surface area (Å²) < 4.78 is 39.3. The molecular formula is C22H11Cl3F3NS. The van der Waals surface area contributed by atoms with Gasteiger partial charge in [-0.05, 0) is 23.8 Å². The molecule has 3 aromatic carbocycles. The van der Waals surface area contributed by atoms with Gasteiger partial charge in [0, 0.05) is 22.1 Å². The summed E-state index contributed by atoms with van der Waals surface area (Å²) in [5, 5.41) is 3.30. The molecule has 152 valence electrons. The zero-order valence-corrected chi connectivity index (χ0v) is 18.1. The molecule has 0 N–H and O–H groups in total. The summed E-state index contributed by atoms with van der Waals surface area (Å²) in [6.07, 6.45) is -4.51. The van der Waals surface area contributed by atoms with E-state index in [1.807, 2.05) is 23.6 Å². The molecule has 0 saturated carbocycles. The summed E-state index contributed by atoms with van der Waals surface area (Å²) >= 11 is 19.5. The Morgan fingerprint density at radius 1 is 0.767 bits per heavy atom. The molecule has 1 heterocycles. The highest BCUT2D eigenvalue weighted by atomic mass is 35.5. The number of benzene rings is 3. The molecular weight excluding hydrogens is 474 g/mol. The standard InChI is InChI=1S/C22H11Cl3F3NS/c23-17-9-8-14(10-18(17)24)19-11-30-21(29-19)13-6-4-12(5-7-13)15-2-1-3-16(20(15)25)22(26,27)28/h1-11H. The molecule has 0 bridgehead atoms. The van der Waals surface area contributed by atoms with Gasteiger partial charge in [-0.3, -0.25) is 0 Å². The normalized spacial score (nSPS) is 11.7. The van der Waals surface area contributed by atoms with Crippen LogP contribution in [0.1, 0.15) is 5.56 Å². The predicted octanol–water partition coefficient (Wildman–Crippen LogP) is 9.12. The van der Waals surface area contributed by atoms with E-state index in [0.717, 1.165) is 27.9 Å². The fourth-order valence-electron chi connectivity index (χ4n) is 2.96. The van der Waals surface area contributed by atoms with Gasteiger partial charge in [0.2, 0.25) is 0 Å². The van der Waals surface area contributed by atoms with Crippen LogP contribution in [-0.2, 0) is 6.18 Å². The third-order valence-electron chi connectivity index (χ3n) is 4.47. The van der Waals surface area contributed by atoms with Crippen LogP contribution in [0.3, 0.4) is 0 Å². The number of hydrogen-bond donors (Lipinski definition) is 0. The first kappa shape index (κ1) is 21.2. The van der Waals surface area contributed by atoms with E-state index in [1.165, 1.54) is 17.4 Å². The molecule has 1 aromatic heterocycles. The number of alkyl halides is 3. The van der Waals surface area contributed by atoms with Crippen LogP contribution in [0.4, 0.5) is 13.2 Å². The van der Waals surface area contributed by atoms with Gasteiger partial charge in [-0.2, -0.15) is 13.2 Å². The third kappa shape index (κ3) is 4.21. The Morgan fingerprint density at radius 2 is 1.43 bits per heavy atom. The molecule has 0 radical (unpaired) electrons. The Labute approximate surface area is 189 Å². The van der Waals surface area contributed by atoms with Gasteiger partial charge in [0.25, 0.3) is 0 Å². The average Bonchev–Trinajstić information content (AvgIpc) is 3.20. The first-order valence-corrected chi connectivity index (χ1v) is 10.6. The molecule has 30 heavy (non-hydrogen) atoms. The van der Waals surface area contributed by atoms with Crippen molar-refractivity contribution in [3.05, 3.63) is 86.7 Å². The Balaban J connectivity index is 1.64. The molecule has 0 aliphatic heterocycles. The average molecular weight is 485 g/mol. The van der Waals surface area contributed by atoms with Gasteiger partial charge in [-0.1, -0.05) is 77.3 Å². The van der Waals surface area contributed by atoms with E-state index >= 15 is 0 Å². The second-order valence-corrected chi connectivity index (χ2v) is 8.46. The molecule has 0 fully saturated rings. The van der Waals surface area contributed by atoms with Crippen LogP contribution in [0.2, 0.25) is 15.1 Å². The lowest BCUT2D eigenvalue weighted by molar-refractivity contribution is -0.137. The summed E-state index contributed by atoms with van der Waals surface area (Å²) in [6, 6.07) is 16.3. The summed E-state index contributed by atoms with van der Waals surface area (Å²) in [5.41, 5.74) is 2.53. The van der Waals surface area contributed by atoms with Crippen molar-refractivity contribution in [2.45, 2.75) is 6.18 Å². The topological polar surface area (TPSA) is 12.9 Å². The van der Waals surface area contributed by atoms with Crippen molar-refractivity contribution in [3.63, 3.8) is 0 Å². The molecule has 0 aliphatic carbocycles. The van der Waals surface area contributed by atoms with Gasteiger partial charge >= 0.3 is 6.18 Å². The number of hydrogen-bond acceptors (Lipinski definition) is 2. The maximum absolute atomic E-state index is 13.1. The van der Waals surface area contributed by atoms with E-state index in [4.69, 9.17) is 34.8 Å². The molecule has 0 unspecified atom stereocenters. The molecule has 0 spiro atoms. The minimum Gasteiger partial charge on any atom is -0.236 e. The maximum Gasteiger partial charge on any atom is 0.417 e.